The fraction of sp³-hybridized carbons (Fsp3) is 0.800. The van der Waals surface area contributed by atoms with Crippen LogP contribution < -0.4 is 0 Å². The highest BCUT2D eigenvalue weighted by atomic mass is 16.3. The van der Waals surface area contributed by atoms with Crippen LogP contribution in [0.25, 0.3) is 0 Å². The van der Waals surface area contributed by atoms with Gasteiger partial charge in [-0.25, -0.2) is 0 Å². The van der Waals surface area contributed by atoms with Crippen molar-refractivity contribution in [2.24, 2.45) is 4.99 Å². The van der Waals surface area contributed by atoms with E-state index in [1.807, 2.05) is 18.0 Å². The largest absolute Gasteiger partial charge is 0.379 e. The fourth-order valence-corrected chi connectivity index (χ4v) is 2.28. The van der Waals surface area contributed by atoms with Gasteiger partial charge >= 0.3 is 0 Å². The molecule has 1 heterocycles. The molecule has 0 aromatic heterocycles. The van der Waals surface area contributed by atoms with Gasteiger partial charge in [0.05, 0.1) is 0 Å². The third kappa shape index (κ3) is 5.78. The van der Waals surface area contributed by atoms with Gasteiger partial charge in [-0.3, -0.25) is 9.89 Å². The van der Waals surface area contributed by atoms with Crippen LogP contribution in [-0.4, -0.2) is 35.2 Å². The van der Waals surface area contributed by atoms with E-state index in [1.54, 1.807) is 0 Å². The van der Waals surface area contributed by atoms with Crippen LogP contribution >= 0.6 is 0 Å². The number of nitrogens with zero attached hydrogens (tertiary/aromatic N) is 2. The average Bonchev–Trinajstić information content (AvgIpc) is 2.81. The number of aliphatic hydroxyl groups is 1. The molecule has 0 fully saturated rings. The molecular formula is C15H28N2O. The highest BCUT2D eigenvalue weighted by molar-refractivity contribution is 5.62. The van der Waals surface area contributed by atoms with Crippen LogP contribution in [0, 0.1) is 0 Å². The molecule has 1 aliphatic heterocycles. The Balaban J connectivity index is 2.02. The van der Waals surface area contributed by atoms with Crippen molar-refractivity contribution in [2.45, 2.75) is 71.2 Å². The first-order valence-electron chi connectivity index (χ1n) is 7.36. The van der Waals surface area contributed by atoms with Gasteiger partial charge in [0.25, 0.3) is 0 Å². The molecule has 1 rings (SSSR count). The molecule has 0 bridgehead atoms. The van der Waals surface area contributed by atoms with Crippen molar-refractivity contribution >= 4 is 6.21 Å². The Bertz CT molecular complexity index is 261. The summed E-state index contributed by atoms with van der Waals surface area (Å²) in [5, 5.41) is 9.58. The third-order valence-corrected chi connectivity index (χ3v) is 3.39. The second kappa shape index (κ2) is 9.29. The maximum absolute atomic E-state index is 9.58. The zero-order chi connectivity index (χ0) is 13.2. The van der Waals surface area contributed by atoms with Crippen LogP contribution in [0.15, 0.2) is 17.1 Å². The lowest BCUT2D eigenvalue weighted by molar-refractivity contribution is 0.00711. The average molecular weight is 252 g/mol. The molecule has 0 spiro atoms. The van der Waals surface area contributed by atoms with Gasteiger partial charge in [0.1, 0.15) is 12.4 Å². The van der Waals surface area contributed by atoms with E-state index in [1.165, 1.54) is 38.5 Å². The van der Waals surface area contributed by atoms with E-state index >= 15 is 0 Å². The van der Waals surface area contributed by atoms with Gasteiger partial charge in [-0.1, -0.05) is 31.9 Å². The fourth-order valence-electron chi connectivity index (χ4n) is 2.28. The molecular weight excluding hydrogens is 224 g/mol. The highest BCUT2D eigenvalue weighted by Crippen LogP contribution is 2.17. The summed E-state index contributed by atoms with van der Waals surface area (Å²) in [4.78, 5) is 6.47. The summed E-state index contributed by atoms with van der Waals surface area (Å²) in [7, 11) is 0. The zero-order valence-corrected chi connectivity index (χ0v) is 11.9. The van der Waals surface area contributed by atoms with E-state index in [0.29, 0.717) is 0 Å². The number of aliphatic hydroxyl groups excluding tert-OH is 1. The minimum Gasteiger partial charge on any atom is -0.379 e. The summed E-state index contributed by atoms with van der Waals surface area (Å²) in [6.07, 6.45) is 14.8. The van der Waals surface area contributed by atoms with Crippen molar-refractivity contribution in [3.63, 3.8) is 0 Å². The van der Waals surface area contributed by atoms with Crippen molar-refractivity contribution in [1.82, 2.24) is 4.90 Å². The summed E-state index contributed by atoms with van der Waals surface area (Å²) >= 11 is 0. The SMILES string of the molecule is CCC/C=C/CCCCCC1N=CCN1C(C)O. The Labute approximate surface area is 112 Å². The summed E-state index contributed by atoms with van der Waals surface area (Å²) in [5.41, 5.74) is 0. The van der Waals surface area contributed by atoms with Crippen molar-refractivity contribution < 1.29 is 5.11 Å². The first-order valence-corrected chi connectivity index (χ1v) is 7.36. The predicted octanol–water partition coefficient (Wildman–Crippen LogP) is 3.34. The smallest absolute Gasteiger partial charge is 0.106 e. The van der Waals surface area contributed by atoms with Gasteiger partial charge in [0, 0.05) is 12.8 Å². The first kappa shape index (κ1) is 15.4. The molecule has 0 aromatic rings. The van der Waals surface area contributed by atoms with E-state index in [2.05, 4.69) is 24.1 Å². The van der Waals surface area contributed by atoms with E-state index in [-0.39, 0.29) is 12.4 Å². The van der Waals surface area contributed by atoms with Crippen LogP contribution in [0.4, 0.5) is 0 Å². The molecule has 0 amide bonds. The second-order valence-electron chi connectivity index (χ2n) is 5.04. The molecule has 3 nitrogen and oxygen atoms in total. The Morgan fingerprint density at radius 3 is 2.83 bits per heavy atom. The van der Waals surface area contributed by atoms with Gasteiger partial charge in [-0.2, -0.15) is 0 Å². The summed E-state index contributed by atoms with van der Waals surface area (Å²) in [6, 6.07) is 0. The predicted molar refractivity (Wildman–Crippen MR) is 77.8 cm³/mol. The zero-order valence-electron chi connectivity index (χ0n) is 11.9. The van der Waals surface area contributed by atoms with Crippen LogP contribution in [0.5, 0.6) is 0 Å². The summed E-state index contributed by atoms with van der Waals surface area (Å²) < 4.78 is 0. The van der Waals surface area contributed by atoms with Gasteiger partial charge in [-0.15, -0.1) is 0 Å². The Kier molecular flexibility index (Phi) is 7.94. The minimum absolute atomic E-state index is 0.209. The summed E-state index contributed by atoms with van der Waals surface area (Å²) in [5.74, 6) is 0. The molecule has 0 radical (unpaired) electrons. The molecule has 0 aromatic carbocycles. The molecule has 0 saturated carbocycles. The third-order valence-electron chi connectivity index (χ3n) is 3.39. The lowest BCUT2D eigenvalue weighted by Crippen LogP contribution is -2.37. The molecule has 18 heavy (non-hydrogen) atoms. The molecule has 104 valence electrons. The Morgan fingerprint density at radius 2 is 2.11 bits per heavy atom. The molecule has 1 aliphatic rings. The maximum Gasteiger partial charge on any atom is 0.106 e. The first-order chi connectivity index (χ1) is 8.75. The van der Waals surface area contributed by atoms with Gasteiger partial charge < -0.3 is 5.11 Å². The lowest BCUT2D eigenvalue weighted by atomic mass is 10.1. The molecule has 3 heteroatoms. The van der Waals surface area contributed by atoms with E-state index < -0.39 is 0 Å². The maximum atomic E-state index is 9.58. The van der Waals surface area contributed by atoms with E-state index in [9.17, 15) is 5.11 Å². The lowest BCUT2D eigenvalue weighted by Gasteiger charge is -2.25. The van der Waals surface area contributed by atoms with Gasteiger partial charge in [-0.05, 0) is 39.0 Å². The minimum atomic E-state index is -0.380. The normalized spacial score (nSPS) is 22.1. The number of aliphatic imine (C=N–C) groups is 1. The Morgan fingerprint density at radius 1 is 1.33 bits per heavy atom. The van der Waals surface area contributed by atoms with Gasteiger partial charge in [0.15, 0.2) is 0 Å². The number of hydrogen-bond donors (Lipinski definition) is 1. The standard InChI is InChI=1S/C15H28N2O/c1-3-4-5-6-7-8-9-10-11-15-16-12-13-17(15)14(2)18/h5-6,12,14-15,18H,3-4,7-11,13H2,1-2H3/b6-5+. The number of allylic oxidation sites excluding steroid dienone is 2. The number of unbranched alkanes of at least 4 members (excludes halogenated alkanes) is 4. The van der Waals surface area contributed by atoms with Crippen molar-refractivity contribution in [2.75, 3.05) is 6.54 Å². The molecule has 0 saturated heterocycles. The van der Waals surface area contributed by atoms with E-state index in [0.717, 1.165) is 13.0 Å². The van der Waals surface area contributed by atoms with Crippen LogP contribution in [0.3, 0.4) is 0 Å². The van der Waals surface area contributed by atoms with Gasteiger partial charge in [0.2, 0.25) is 0 Å². The van der Waals surface area contributed by atoms with Crippen molar-refractivity contribution in [3.8, 4) is 0 Å². The second-order valence-corrected chi connectivity index (χ2v) is 5.04. The van der Waals surface area contributed by atoms with Crippen molar-refractivity contribution in [1.29, 1.82) is 0 Å². The topological polar surface area (TPSA) is 35.8 Å². The highest BCUT2D eigenvalue weighted by Gasteiger charge is 2.23. The number of hydrogen-bond acceptors (Lipinski definition) is 3. The monoisotopic (exact) mass is 252 g/mol. The molecule has 2 atom stereocenters. The van der Waals surface area contributed by atoms with Crippen molar-refractivity contribution in [3.05, 3.63) is 12.2 Å². The van der Waals surface area contributed by atoms with Crippen LogP contribution in [-0.2, 0) is 0 Å². The quantitative estimate of drug-likeness (QED) is 0.504. The Hall–Kier alpha value is -0.670. The number of rotatable bonds is 9. The molecule has 1 N–H and O–H groups in total. The molecule has 2 unspecified atom stereocenters. The molecule has 0 aliphatic carbocycles. The van der Waals surface area contributed by atoms with E-state index in [4.69, 9.17) is 0 Å². The van der Waals surface area contributed by atoms with Crippen LogP contribution in [0.2, 0.25) is 0 Å². The summed E-state index contributed by atoms with van der Waals surface area (Å²) in [6.45, 7) is 4.82. The van der Waals surface area contributed by atoms with Crippen LogP contribution in [0.1, 0.15) is 58.8 Å².